The minimum atomic E-state index is -4.59. The Morgan fingerprint density at radius 2 is 1.75 bits per heavy atom. The molecule has 1 N–H and O–H groups in total. The minimum Gasteiger partial charge on any atom is -0.491 e. The standard InChI is InChI=1S/C24H23F3N2O3/c1-17-7-5-6-8-19(17)14-29(15-20(30)16-32-21-9-3-2-4-10-21)23(31)18-11-12-22(28-13-18)24(25,26)27/h2-13,20,30H,14-16H2,1H3. The molecule has 2 aromatic carbocycles. The molecule has 0 spiro atoms. The van der Waals surface area contributed by atoms with Crippen molar-refractivity contribution in [3.05, 3.63) is 95.3 Å². The van der Waals surface area contributed by atoms with E-state index >= 15 is 0 Å². The van der Waals surface area contributed by atoms with E-state index in [1.54, 1.807) is 24.3 Å². The fourth-order valence-corrected chi connectivity index (χ4v) is 3.10. The summed E-state index contributed by atoms with van der Waals surface area (Å²) in [4.78, 5) is 17.8. The first-order valence-corrected chi connectivity index (χ1v) is 9.97. The molecule has 0 aliphatic heterocycles. The second-order valence-electron chi connectivity index (χ2n) is 7.32. The maximum atomic E-state index is 13.1. The van der Waals surface area contributed by atoms with Crippen LogP contribution in [0.5, 0.6) is 5.75 Å². The average molecular weight is 444 g/mol. The number of rotatable bonds is 8. The molecule has 0 saturated heterocycles. The van der Waals surface area contributed by atoms with E-state index in [1.165, 1.54) is 4.90 Å². The normalized spacial score (nSPS) is 12.3. The van der Waals surface area contributed by atoms with E-state index < -0.39 is 23.9 Å². The van der Waals surface area contributed by atoms with Crippen LogP contribution in [0.25, 0.3) is 0 Å². The number of pyridine rings is 1. The van der Waals surface area contributed by atoms with Gasteiger partial charge in [-0.1, -0.05) is 42.5 Å². The van der Waals surface area contributed by atoms with E-state index in [2.05, 4.69) is 4.98 Å². The fraction of sp³-hybridized carbons (Fsp3) is 0.250. The number of carbonyl (C=O) groups is 1. The zero-order valence-electron chi connectivity index (χ0n) is 17.4. The number of aliphatic hydroxyl groups is 1. The number of para-hydroxylation sites is 1. The first-order chi connectivity index (χ1) is 15.2. The Morgan fingerprint density at radius 3 is 2.38 bits per heavy atom. The third-order valence-electron chi connectivity index (χ3n) is 4.83. The second kappa shape index (κ2) is 10.3. The molecule has 1 heterocycles. The first-order valence-electron chi connectivity index (χ1n) is 9.97. The summed E-state index contributed by atoms with van der Waals surface area (Å²) in [6.45, 7) is 1.95. The van der Waals surface area contributed by atoms with Gasteiger partial charge in [-0.25, -0.2) is 0 Å². The number of alkyl halides is 3. The topological polar surface area (TPSA) is 62.7 Å². The van der Waals surface area contributed by atoms with E-state index in [9.17, 15) is 23.1 Å². The van der Waals surface area contributed by atoms with Crippen LogP contribution in [0.2, 0.25) is 0 Å². The quantitative estimate of drug-likeness (QED) is 0.556. The first kappa shape index (κ1) is 23.3. The van der Waals surface area contributed by atoms with Crippen molar-refractivity contribution in [2.75, 3.05) is 13.2 Å². The smallest absolute Gasteiger partial charge is 0.433 e. The summed E-state index contributed by atoms with van der Waals surface area (Å²) in [5.74, 6) is 0.0449. The lowest BCUT2D eigenvalue weighted by Crippen LogP contribution is -2.39. The Kier molecular flexibility index (Phi) is 7.48. The van der Waals surface area contributed by atoms with Gasteiger partial charge in [0.1, 0.15) is 24.2 Å². The largest absolute Gasteiger partial charge is 0.491 e. The van der Waals surface area contributed by atoms with Gasteiger partial charge in [-0.15, -0.1) is 0 Å². The molecule has 1 amide bonds. The lowest BCUT2D eigenvalue weighted by molar-refractivity contribution is -0.141. The van der Waals surface area contributed by atoms with Gasteiger partial charge in [0.2, 0.25) is 0 Å². The number of aryl methyl sites for hydroxylation is 1. The van der Waals surface area contributed by atoms with Gasteiger partial charge in [0.05, 0.1) is 12.1 Å². The molecule has 0 saturated carbocycles. The lowest BCUT2D eigenvalue weighted by atomic mass is 10.1. The van der Waals surface area contributed by atoms with Crippen LogP contribution < -0.4 is 4.74 Å². The Balaban J connectivity index is 1.76. The van der Waals surface area contributed by atoms with Crippen molar-refractivity contribution < 1.29 is 27.8 Å². The molecule has 8 heteroatoms. The second-order valence-corrected chi connectivity index (χ2v) is 7.32. The molecule has 0 bridgehead atoms. The Morgan fingerprint density at radius 1 is 1.06 bits per heavy atom. The van der Waals surface area contributed by atoms with Gasteiger partial charge in [0.25, 0.3) is 5.91 Å². The summed E-state index contributed by atoms with van der Waals surface area (Å²) in [6, 6.07) is 18.2. The van der Waals surface area contributed by atoms with Gasteiger partial charge in [0, 0.05) is 12.7 Å². The number of hydrogen-bond acceptors (Lipinski definition) is 4. The average Bonchev–Trinajstić information content (AvgIpc) is 2.78. The molecule has 3 rings (SSSR count). The number of hydrogen-bond donors (Lipinski definition) is 1. The zero-order valence-corrected chi connectivity index (χ0v) is 17.4. The molecule has 1 aromatic heterocycles. The molecule has 1 unspecified atom stereocenters. The third kappa shape index (κ3) is 6.31. The molecule has 0 aliphatic rings. The number of carbonyl (C=O) groups excluding carboxylic acids is 1. The van der Waals surface area contributed by atoms with E-state index in [0.717, 1.165) is 29.5 Å². The molecule has 0 aliphatic carbocycles. The number of benzene rings is 2. The summed E-state index contributed by atoms with van der Waals surface area (Å²) in [6.07, 6.45) is -4.69. The van der Waals surface area contributed by atoms with Crippen LogP contribution in [0.3, 0.4) is 0 Å². The number of aliphatic hydroxyl groups excluding tert-OH is 1. The highest BCUT2D eigenvalue weighted by Crippen LogP contribution is 2.27. The highest BCUT2D eigenvalue weighted by Gasteiger charge is 2.32. The van der Waals surface area contributed by atoms with Gasteiger partial charge < -0.3 is 14.7 Å². The molecular formula is C24H23F3N2O3. The molecule has 168 valence electrons. The zero-order chi connectivity index (χ0) is 23.1. The fourth-order valence-electron chi connectivity index (χ4n) is 3.10. The maximum Gasteiger partial charge on any atom is 0.433 e. The van der Waals surface area contributed by atoms with E-state index in [-0.39, 0.29) is 25.3 Å². The third-order valence-corrected chi connectivity index (χ3v) is 4.83. The van der Waals surface area contributed by atoms with Crippen LogP contribution in [0.4, 0.5) is 13.2 Å². The van der Waals surface area contributed by atoms with Crippen LogP contribution in [-0.2, 0) is 12.7 Å². The highest BCUT2D eigenvalue weighted by molar-refractivity contribution is 5.94. The molecule has 3 aromatic rings. The molecular weight excluding hydrogens is 421 g/mol. The molecule has 0 radical (unpaired) electrons. The Bertz CT molecular complexity index is 1020. The molecule has 32 heavy (non-hydrogen) atoms. The molecule has 5 nitrogen and oxygen atoms in total. The van der Waals surface area contributed by atoms with Crippen molar-refractivity contribution in [1.29, 1.82) is 0 Å². The SMILES string of the molecule is Cc1ccccc1CN(CC(O)COc1ccccc1)C(=O)c1ccc(C(F)(F)F)nc1. The number of ether oxygens (including phenoxy) is 1. The van der Waals surface area contributed by atoms with Gasteiger partial charge >= 0.3 is 6.18 Å². The summed E-state index contributed by atoms with van der Waals surface area (Å²) < 4.78 is 44.0. The Hall–Kier alpha value is -3.39. The van der Waals surface area contributed by atoms with Crippen molar-refractivity contribution in [1.82, 2.24) is 9.88 Å². The Labute approximate surface area is 184 Å². The van der Waals surface area contributed by atoms with Crippen LogP contribution in [0.15, 0.2) is 72.9 Å². The van der Waals surface area contributed by atoms with Gasteiger partial charge in [0.15, 0.2) is 0 Å². The summed E-state index contributed by atoms with van der Waals surface area (Å²) in [7, 11) is 0. The van der Waals surface area contributed by atoms with Crippen molar-refractivity contribution >= 4 is 5.91 Å². The minimum absolute atomic E-state index is 0.00256. The number of amides is 1. The van der Waals surface area contributed by atoms with Crippen LogP contribution >= 0.6 is 0 Å². The van der Waals surface area contributed by atoms with Crippen molar-refractivity contribution in [3.8, 4) is 5.75 Å². The van der Waals surface area contributed by atoms with E-state index in [4.69, 9.17) is 4.74 Å². The van der Waals surface area contributed by atoms with Crippen LogP contribution in [0, 0.1) is 6.92 Å². The predicted molar refractivity (Wildman–Crippen MR) is 113 cm³/mol. The van der Waals surface area contributed by atoms with Crippen molar-refractivity contribution in [3.63, 3.8) is 0 Å². The summed E-state index contributed by atoms with van der Waals surface area (Å²) in [5, 5.41) is 10.5. The summed E-state index contributed by atoms with van der Waals surface area (Å²) in [5.41, 5.74) is 0.737. The number of nitrogens with zero attached hydrogens (tertiary/aromatic N) is 2. The van der Waals surface area contributed by atoms with Crippen LogP contribution in [-0.4, -0.2) is 40.2 Å². The van der Waals surface area contributed by atoms with Crippen molar-refractivity contribution in [2.24, 2.45) is 0 Å². The van der Waals surface area contributed by atoms with E-state index in [0.29, 0.717) is 5.75 Å². The number of aromatic nitrogens is 1. The molecule has 0 fully saturated rings. The summed E-state index contributed by atoms with van der Waals surface area (Å²) >= 11 is 0. The lowest BCUT2D eigenvalue weighted by Gasteiger charge is -2.26. The van der Waals surface area contributed by atoms with Gasteiger partial charge in [-0.05, 0) is 42.3 Å². The van der Waals surface area contributed by atoms with Gasteiger partial charge in [-0.3, -0.25) is 9.78 Å². The maximum absolute atomic E-state index is 13.1. The monoisotopic (exact) mass is 444 g/mol. The van der Waals surface area contributed by atoms with Crippen molar-refractivity contribution in [2.45, 2.75) is 25.7 Å². The number of halogens is 3. The van der Waals surface area contributed by atoms with E-state index in [1.807, 2.05) is 37.3 Å². The van der Waals surface area contributed by atoms with Crippen LogP contribution in [0.1, 0.15) is 27.2 Å². The molecule has 1 atom stereocenters. The predicted octanol–water partition coefficient (Wildman–Crippen LogP) is 4.49. The highest BCUT2D eigenvalue weighted by atomic mass is 19.4. The van der Waals surface area contributed by atoms with Gasteiger partial charge in [-0.2, -0.15) is 13.2 Å².